The van der Waals surface area contributed by atoms with E-state index in [2.05, 4.69) is 0 Å². The zero-order chi connectivity index (χ0) is 20.2. The van der Waals surface area contributed by atoms with Gasteiger partial charge in [-0.2, -0.15) is 26.3 Å². The molecule has 1 aliphatic rings. The highest BCUT2D eigenvalue weighted by atomic mass is 32.1. The number of halogens is 6. The Bertz CT molecular complexity index is 1040. The Hall–Kier alpha value is -2.54. The smallest absolute Gasteiger partial charge is 0.195 e. The molecule has 0 radical (unpaired) electrons. The number of thiophene rings is 1. The van der Waals surface area contributed by atoms with Crippen LogP contribution in [0.3, 0.4) is 0 Å². The van der Waals surface area contributed by atoms with Gasteiger partial charge in [0.1, 0.15) is 0 Å². The van der Waals surface area contributed by atoms with E-state index in [0.29, 0.717) is 16.0 Å². The molecule has 0 nitrogen and oxygen atoms in total. The summed E-state index contributed by atoms with van der Waals surface area (Å²) in [6, 6.07) is 18.2. The van der Waals surface area contributed by atoms with E-state index >= 15 is 0 Å². The lowest BCUT2D eigenvalue weighted by Gasteiger charge is -2.25. The van der Waals surface area contributed by atoms with Gasteiger partial charge in [-0.1, -0.05) is 60.7 Å². The van der Waals surface area contributed by atoms with Gasteiger partial charge in [0, 0.05) is 27.0 Å². The maximum Gasteiger partial charge on any atom is 0.380 e. The number of alkyl halides is 6. The number of hydrogen-bond acceptors (Lipinski definition) is 1. The predicted octanol–water partition coefficient (Wildman–Crippen LogP) is 7.39. The molecule has 0 saturated heterocycles. The number of rotatable bonds is 3. The minimum absolute atomic E-state index is 0.235. The van der Waals surface area contributed by atoms with E-state index in [-0.39, 0.29) is 16.5 Å². The summed E-state index contributed by atoms with van der Waals surface area (Å²) in [5, 5.41) is 0. The van der Waals surface area contributed by atoms with Gasteiger partial charge in [-0.05, 0) is 17.2 Å². The second-order valence-electron chi connectivity index (χ2n) is 6.42. The number of benzene rings is 2. The molecule has 0 aliphatic heterocycles. The van der Waals surface area contributed by atoms with Crippen LogP contribution < -0.4 is 0 Å². The molecule has 3 aromatic rings. The van der Waals surface area contributed by atoms with Gasteiger partial charge < -0.3 is 0 Å². The molecule has 7 heteroatoms. The fourth-order valence-corrected chi connectivity index (χ4v) is 4.31. The molecule has 1 aliphatic carbocycles. The van der Waals surface area contributed by atoms with Crippen LogP contribution in [0.4, 0.5) is 26.3 Å². The summed E-state index contributed by atoms with van der Waals surface area (Å²) in [5.74, 6) is -15.4. The van der Waals surface area contributed by atoms with Crippen LogP contribution in [-0.4, -0.2) is 17.8 Å². The van der Waals surface area contributed by atoms with Crippen LogP contribution in [0.1, 0.15) is 5.56 Å². The van der Waals surface area contributed by atoms with E-state index < -0.39 is 23.3 Å². The van der Waals surface area contributed by atoms with Crippen LogP contribution in [-0.2, 0) is 0 Å². The molecule has 0 bridgehead atoms. The van der Waals surface area contributed by atoms with E-state index in [1.54, 1.807) is 60.7 Å². The van der Waals surface area contributed by atoms with Gasteiger partial charge >= 0.3 is 17.8 Å². The maximum atomic E-state index is 14.4. The summed E-state index contributed by atoms with van der Waals surface area (Å²) < 4.78 is 83.7. The first-order chi connectivity index (χ1) is 13.1. The van der Waals surface area contributed by atoms with Crippen molar-refractivity contribution in [2.45, 2.75) is 17.8 Å². The van der Waals surface area contributed by atoms with E-state index in [1.165, 1.54) is 6.07 Å². The van der Waals surface area contributed by atoms with Crippen LogP contribution in [0.25, 0.3) is 26.5 Å². The van der Waals surface area contributed by atoms with Crippen molar-refractivity contribution in [3.63, 3.8) is 0 Å². The fourth-order valence-electron chi connectivity index (χ4n) is 3.13. The molecule has 0 atom stereocenters. The van der Waals surface area contributed by atoms with Gasteiger partial charge in [0.15, 0.2) is 0 Å². The van der Waals surface area contributed by atoms with Crippen molar-refractivity contribution in [1.29, 1.82) is 0 Å². The maximum absolute atomic E-state index is 14.4. The summed E-state index contributed by atoms with van der Waals surface area (Å²) in [6.07, 6.45) is -0.295. The average molecular weight is 410 g/mol. The summed E-state index contributed by atoms with van der Waals surface area (Å²) >= 11 is 1.09. The number of hydrogen-bond donors (Lipinski definition) is 0. The molecule has 2 aromatic carbocycles. The van der Waals surface area contributed by atoms with Crippen LogP contribution in [0.15, 0.2) is 72.8 Å². The Labute approximate surface area is 160 Å². The topological polar surface area (TPSA) is 0 Å². The molecule has 4 rings (SSSR count). The Morgan fingerprint density at radius 2 is 1.21 bits per heavy atom. The number of allylic oxidation sites excluding steroid dienone is 2. The zero-order valence-electron chi connectivity index (χ0n) is 14.1. The first kappa shape index (κ1) is 18.8. The van der Waals surface area contributed by atoms with Gasteiger partial charge in [-0.15, -0.1) is 11.3 Å². The molecule has 0 spiro atoms. The lowest BCUT2D eigenvalue weighted by molar-refractivity contribution is -0.257. The Morgan fingerprint density at radius 3 is 1.71 bits per heavy atom. The van der Waals surface area contributed by atoms with Crippen LogP contribution in [0.2, 0.25) is 0 Å². The lowest BCUT2D eigenvalue weighted by atomic mass is 9.98. The van der Waals surface area contributed by atoms with Crippen LogP contribution in [0.5, 0.6) is 0 Å². The van der Waals surface area contributed by atoms with Crippen molar-refractivity contribution in [3.8, 4) is 20.9 Å². The molecule has 144 valence electrons. The Kier molecular flexibility index (Phi) is 4.19. The normalized spacial score (nSPS) is 19.4. The van der Waals surface area contributed by atoms with Gasteiger partial charge in [-0.3, -0.25) is 0 Å². The van der Waals surface area contributed by atoms with E-state index in [4.69, 9.17) is 0 Å². The molecule has 1 heterocycles. The monoisotopic (exact) mass is 410 g/mol. The molecule has 0 amide bonds. The Morgan fingerprint density at radius 1 is 0.679 bits per heavy atom. The second kappa shape index (κ2) is 6.24. The third kappa shape index (κ3) is 2.68. The van der Waals surface area contributed by atoms with Gasteiger partial charge in [-0.25, -0.2) is 0 Å². The second-order valence-corrected chi connectivity index (χ2v) is 7.47. The molecule has 0 N–H and O–H groups in total. The van der Waals surface area contributed by atoms with Gasteiger partial charge in [0.2, 0.25) is 0 Å². The van der Waals surface area contributed by atoms with Crippen molar-refractivity contribution in [2.75, 3.05) is 0 Å². The van der Waals surface area contributed by atoms with Crippen LogP contribution in [0, 0.1) is 0 Å². The van der Waals surface area contributed by atoms with E-state index in [1.807, 2.05) is 0 Å². The van der Waals surface area contributed by atoms with Crippen molar-refractivity contribution >= 4 is 16.9 Å². The summed E-state index contributed by atoms with van der Waals surface area (Å²) in [7, 11) is 0. The first-order valence-corrected chi connectivity index (χ1v) is 9.08. The molecule has 0 fully saturated rings. The predicted molar refractivity (Wildman–Crippen MR) is 98.0 cm³/mol. The zero-order valence-corrected chi connectivity index (χ0v) is 14.9. The van der Waals surface area contributed by atoms with Crippen molar-refractivity contribution in [3.05, 3.63) is 78.4 Å². The van der Waals surface area contributed by atoms with Crippen LogP contribution >= 0.6 is 11.3 Å². The lowest BCUT2D eigenvalue weighted by Crippen LogP contribution is -2.48. The first-order valence-electron chi connectivity index (χ1n) is 8.27. The molecule has 1 aromatic heterocycles. The standard InChI is InChI=1S/C21H12F6S/c22-19(23)12-16(20(24,25)21(19,26)27)15-11-17(13-7-3-1-4-8-13)28-18(15)14-9-5-2-6-10-14/h1-12H. The summed E-state index contributed by atoms with van der Waals surface area (Å²) in [6.45, 7) is 0. The average Bonchev–Trinajstić information content (AvgIpc) is 3.16. The highest BCUT2D eigenvalue weighted by molar-refractivity contribution is 7.19. The minimum Gasteiger partial charge on any atom is -0.195 e. The van der Waals surface area contributed by atoms with Crippen molar-refractivity contribution < 1.29 is 26.3 Å². The highest BCUT2D eigenvalue weighted by Gasteiger charge is 2.76. The fraction of sp³-hybridized carbons (Fsp3) is 0.143. The third-order valence-electron chi connectivity index (χ3n) is 4.59. The van der Waals surface area contributed by atoms with Gasteiger partial charge in [0.05, 0.1) is 0 Å². The molecule has 28 heavy (non-hydrogen) atoms. The van der Waals surface area contributed by atoms with Gasteiger partial charge in [0.25, 0.3) is 0 Å². The van der Waals surface area contributed by atoms with E-state index in [9.17, 15) is 26.3 Å². The molecular weight excluding hydrogens is 398 g/mol. The van der Waals surface area contributed by atoms with Crippen molar-refractivity contribution in [1.82, 2.24) is 0 Å². The molecule has 0 saturated carbocycles. The molecular formula is C21H12F6S. The largest absolute Gasteiger partial charge is 0.380 e. The minimum atomic E-state index is -5.49. The summed E-state index contributed by atoms with van der Waals surface area (Å²) in [4.78, 5) is 0.753. The van der Waals surface area contributed by atoms with Crippen molar-refractivity contribution in [2.24, 2.45) is 0 Å². The molecule has 0 unspecified atom stereocenters. The summed E-state index contributed by atoms with van der Waals surface area (Å²) in [5.41, 5.74) is -0.493. The van der Waals surface area contributed by atoms with E-state index in [0.717, 1.165) is 11.3 Å². The quantitative estimate of drug-likeness (QED) is 0.395. The highest BCUT2D eigenvalue weighted by Crippen LogP contribution is 2.60. The third-order valence-corrected chi connectivity index (χ3v) is 5.83. The Balaban J connectivity index is 1.95. The SMILES string of the molecule is FC1(F)C=C(c2cc(-c3ccccc3)sc2-c2ccccc2)C(F)(F)C1(F)F.